The molecular weight excluding hydrogens is 242 g/mol. The van der Waals surface area contributed by atoms with Crippen LogP contribution in [0.15, 0.2) is 24.3 Å². The molecule has 0 saturated carbocycles. The molecule has 2 atom stereocenters. The summed E-state index contributed by atoms with van der Waals surface area (Å²) in [6.45, 7) is 7.89. The maximum atomic E-state index is 6.26. The van der Waals surface area contributed by atoms with E-state index in [1.807, 2.05) is 12.1 Å². The van der Waals surface area contributed by atoms with Crippen LogP contribution in [-0.2, 0) is 6.42 Å². The number of benzene rings is 1. The van der Waals surface area contributed by atoms with Crippen molar-refractivity contribution in [1.82, 2.24) is 5.32 Å². The van der Waals surface area contributed by atoms with Crippen LogP contribution in [0.4, 0.5) is 0 Å². The summed E-state index contributed by atoms with van der Waals surface area (Å²) in [5.41, 5.74) is 1.26. The zero-order chi connectivity index (χ0) is 13.4. The Hall–Kier alpha value is -0.530. The van der Waals surface area contributed by atoms with E-state index in [0.29, 0.717) is 12.0 Å². The molecule has 0 bridgehead atoms. The number of hydrogen-bond donors (Lipinski definition) is 1. The third-order valence-electron chi connectivity index (χ3n) is 3.49. The Morgan fingerprint density at radius 2 is 1.89 bits per heavy atom. The lowest BCUT2D eigenvalue weighted by molar-refractivity contribution is 0.352. The molecule has 1 nitrogen and oxygen atoms in total. The second-order valence-corrected chi connectivity index (χ2v) is 5.53. The monoisotopic (exact) mass is 267 g/mol. The lowest BCUT2D eigenvalue weighted by Gasteiger charge is -2.25. The summed E-state index contributed by atoms with van der Waals surface area (Å²) >= 11 is 6.26. The first-order chi connectivity index (χ1) is 8.69. The van der Waals surface area contributed by atoms with Gasteiger partial charge in [-0.25, -0.2) is 0 Å². The Morgan fingerprint density at radius 1 is 1.17 bits per heavy atom. The topological polar surface area (TPSA) is 12.0 Å². The predicted molar refractivity (Wildman–Crippen MR) is 81.3 cm³/mol. The minimum absolute atomic E-state index is 0.532. The highest BCUT2D eigenvalue weighted by molar-refractivity contribution is 6.31. The van der Waals surface area contributed by atoms with Gasteiger partial charge in [0.25, 0.3) is 0 Å². The van der Waals surface area contributed by atoms with E-state index in [0.717, 1.165) is 18.0 Å². The van der Waals surface area contributed by atoms with Crippen molar-refractivity contribution >= 4 is 11.6 Å². The Balaban J connectivity index is 2.68. The summed E-state index contributed by atoms with van der Waals surface area (Å²) in [4.78, 5) is 0. The molecule has 18 heavy (non-hydrogen) atoms. The van der Waals surface area contributed by atoms with Crippen LogP contribution in [0.2, 0.25) is 5.02 Å². The number of halogens is 1. The fourth-order valence-corrected chi connectivity index (χ4v) is 2.57. The Kier molecular flexibility index (Phi) is 7.38. The Bertz CT molecular complexity index is 338. The van der Waals surface area contributed by atoms with Crippen LogP contribution < -0.4 is 5.32 Å². The van der Waals surface area contributed by atoms with Gasteiger partial charge in [-0.3, -0.25) is 0 Å². The fourth-order valence-electron chi connectivity index (χ4n) is 2.36. The molecular formula is C16H26ClN. The van der Waals surface area contributed by atoms with Crippen LogP contribution in [0.25, 0.3) is 0 Å². The van der Waals surface area contributed by atoms with Crippen LogP contribution >= 0.6 is 11.6 Å². The molecule has 1 rings (SSSR count). The minimum Gasteiger partial charge on any atom is -0.313 e. The van der Waals surface area contributed by atoms with Crippen molar-refractivity contribution < 1.29 is 0 Å². The van der Waals surface area contributed by atoms with E-state index < -0.39 is 0 Å². The number of hydrogen-bond acceptors (Lipinski definition) is 1. The summed E-state index contributed by atoms with van der Waals surface area (Å²) in [7, 11) is 0. The lowest BCUT2D eigenvalue weighted by atomic mass is 9.91. The van der Waals surface area contributed by atoms with Gasteiger partial charge >= 0.3 is 0 Å². The van der Waals surface area contributed by atoms with Gasteiger partial charge < -0.3 is 5.32 Å². The summed E-state index contributed by atoms with van der Waals surface area (Å²) < 4.78 is 0. The van der Waals surface area contributed by atoms with E-state index in [-0.39, 0.29) is 0 Å². The standard InChI is InChI=1S/C16H26ClN/c1-4-8-13(3)16(18-11-5-2)12-14-9-6-7-10-15(14)17/h6-7,9-10,13,16,18H,4-5,8,11-12H2,1-3H3. The lowest BCUT2D eigenvalue weighted by Crippen LogP contribution is -2.37. The molecule has 0 heterocycles. The van der Waals surface area contributed by atoms with Gasteiger partial charge in [0.2, 0.25) is 0 Å². The molecule has 0 aromatic heterocycles. The van der Waals surface area contributed by atoms with E-state index in [1.165, 1.54) is 24.8 Å². The molecule has 2 heteroatoms. The molecule has 0 spiro atoms. The van der Waals surface area contributed by atoms with Gasteiger partial charge in [-0.05, 0) is 43.4 Å². The second-order valence-electron chi connectivity index (χ2n) is 5.12. The molecule has 0 aliphatic carbocycles. The third-order valence-corrected chi connectivity index (χ3v) is 3.85. The largest absolute Gasteiger partial charge is 0.313 e. The molecule has 0 aliphatic rings. The minimum atomic E-state index is 0.532. The van der Waals surface area contributed by atoms with Crippen molar-refractivity contribution in [2.24, 2.45) is 5.92 Å². The van der Waals surface area contributed by atoms with E-state index >= 15 is 0 Å². The molecule has 0 aliphatic heterocycles. The van der Waals surface area contributed by atoms with E-state index in [9.17, 15) is 0 Å². The summed E-state index contributed by atoms with van der Waals surface area (Å²) in [5.74, 6) is 0.692. The molecule has 0 fully saturated rings. The van der Waals surface area contributed by atoms with Gasteiger partial charge in [-0.2, -0.15) is 0 Å². The van der Waals surface area contributed by atoms with Crippen molar-refractivity contribution in [1.29, 1.82) is 0 Å². The number of nitrogens with one attached hydrogen (secondary N) is 1. The normalized spacial score (nSPS) is 14.4. The highest BCUT2D eigenvalue weighted by Gasteiger charge is 2.17. The number of rotatable bonds is 8. The molecule has 102 valence electrons. The molecule has 0 saturated heterocycles. The molecule has 2 unspecified atom stereocenters. The highest BCUT2D eigenvalue weighted by atomic mass is 35.5. The van der Waals surface area contributed by atoms with E-state index in [1.54, 1.807) is 0 Å². The third kappa shape index (κ3) is 4.99. The Labute approximate surface area is 117 Å². The van der Waals surface area contributed by atoms with Crippen LogP contribution in [0.1, 0.15) is 45.6 Å². The van der Waals surface area contributed by atoms with E-state index in [4.69, 9.17) is 11.6 Å². The first-order valence-electron chi connectivity index (χ1n) is 7.15. The molecule has 1 aromatic rings. The van der Waals surface area contributed by atoms with Crippen molar-refractivity contribution in [3.8, 4) is 0 Å². The molecule has 0 amide bonds. The van der Waals surface area contributed by atoms with Gasteiger partial charge in [0, 0.05) is 11.1 Å². The quantitative estimate of drug-likeness (QED) is 0.721. The van der Waals surface area contributed by atoms with Crippen molar-refractivity contribution in [2.75, 3.05) is 6.54 Å². The maximum absolute atomic E-state index is 6.26. The summed E-state index contributed by atoms with van der Waals surface area (Å²) in [5, 5.41) is 4.56. The van der Waals surface area contributed by atoms with Gasteiger partial charge in [0.05, 0.1) is 0 Å². The first-order valence-corrected chi connectivity index (χ1v) is 7.53. The Morgan fingerprint density at radius 3 is 2.50 bits per heavy atom. The van der Waals surface area contributed by atoms with E-state index in [2.05, 4.69) is 38.2 Å². The molecule has 0 radical (unpaired) electrons. The van der Waals surface area contributed by atoms with Crippen LogP contribution in [0.5, 0.6) is 0 Å². The van der Waals surface area contributed by atoms with Crippen molar-refractivity contribution in [2.45, 2.75) is 52.5 Å². The summed E-state index contributed by atoms with van der Waals surface area (Å²) in [6.07, 6.45) is 4.72. The second kappa shape index (κ2) is 8.55. The van der Waals surface area contributed by atoms with Gasteiger partial charge in [-0.1, -0.05) is 57.0 Å². The van der Waals surface area contributed by atoms with Crippen LogP contribution in [0.3, 0.4) is 0 Å². The van der Waals surface area contributed by atoms with Crippen molar-refractivity contribution in [3.05, 3.63) is 34.9 Å². The predicted octanol–water partition coefficient (Wildman–Crippen LogP) is 4.69. The van der Waals surface area contributed by atoms with Gasteiger partial charge in [-0.15, -0.1) is 0 Å². The fraction of sp³-hybridized carbons (Fsp3) is 0.625. The summed E-state index contributed by atoms with van der Waals surface area (Å²) in [6, 6.07) is 8.72. The molecule has 1 N–H and O–H groups in total. The average molecular weight is 268 g/mol. The highest BCUT2D eigenvalue weighted by Crippen LogP contribution is 2.21. The maximum Gasteiger partial charge on any atom is 0.0438 e. The van der Waals surface area contributed by atoms with Gasteiger partial charge in [0.1, 0.15) is 0 Å². The van der Waals surface area contributed by atoms with Gasteiger partial charge in [0.15, 0.2) is 0 Å². The smallest absolute Gasteiger partial charge is 0.0438 e. The SMILES string of the molecule is CCCNC(Cc1ccccc1Cl)C(C)CCC. The van der Waals surface area contributed by atoms with Crippen LogP contribution in [0, 0.1) is 5.92 Å². The zero-order valence-corrected chi connectivity index (χ0v) is 12.6. The first kappa shape index (κ1) is 15.5. The van der Waals surface area contributed by atoms with Crippen molar-refractivity contribution in [3.63, 3.8) is 0 Å². The van der Waals surface area contributed by atoms with Crippen LogP contribution in [-0.4, -0.2) is 12.6 Å². The average Bonchev–Trinajstić information content (AvgIpc) is 2.36. The zero-order valence-electron chi connectivity index (χ0n) is 11.9. The molecule has 1 aromatic carbocycles.